The van der Waals surface area contributed by atoms with Crippen molar-refractivity contribution in [3.63, 3.8) is 0 Å². The molecule has 9 heteroatoms. The summed E-state index contributed by atoms with van der Waals surface area (Å²) < 4.78 is 1.63. The zero-order valence-corrected chi connectivity index (χ0v) is 19.4. The van der Waals surface area contributed by atoms with Crippen molar-refractivity contribution in [3.8, 4) is 0 Å². The second-order valence-electron chi connectivity index (χ2n) is 8.13. The van der Waals surface area contributed by atoms with Gasteiger partial charge in [0.2, 0.25) is 0 Å². The van der Waals surface area contributed by atoms with Gasteiger partial charge in [0.15, 0.2) is 0 Å². The van der Waals surface area contributed by atoms with Crippen molar-refractivity contribution in [2.45, 2.75) is 19.5 Å². The maximum atomic E-state index is 12.7. The van der Waals surface area contributed by atoms with Crippen molar-refractivity contribution in [2.75, 3.05) is 0 Å². The lowest BCUT2D eigenvalue weighted by molar-refractivity contribution is 0.0950. The van der Waals surface area contributed by atoms with Crippen LogP contribution in [0.2, 0.25) is 5.02 Å². The van der Waals surface area contributed by atoms with E-state index in [4.69, 9.17) is 11.6 Å². The molecule has 0 radical (unpaired) electrons. The van der Waals surface area contributed by atoms with Crippen molar-refractivity contribution in [1.29, 1.82) is 0 Å². The molecule has 0 atom stereocenters. The molecule has 0 fully saturated rings. The number of pyridine rings is 3. The molecule has 4 aromatic heterocycles. The third-order valence-corrected chi connectivity index (χ3v) is 5.84. The predicted molar refractivity (Wildman–Crippen MR) is 133 cm³/mol. The summed E-state index contributed by atoms with van der Waals surface area (Å²) >= 11 is 6.09. The normalized spacial score (nSPS) is 11.0. The smallest absolute Gasteiger partial charge is 0.253 e. The van der Waals surface area contributed by atoms with Crippen LogP contribution in [0.15, 0.2) is 84.2 Å². The number of hydrogen-bond donors (Lipinski definition) is 2. The molecule has 0 saturated heterocycles. The van der Waals surface area contributed by atoms with Crippen LogP contribution in [0.4, 0.5) is 0 Å². The van der Waals surface area contributed by atoms with E-state index >= 15 is 0 Å². The van der Waals surface area contributed by atoms with E-state index in [1.165, 1.54) is 12.3 Å². The fourth-order valence-electron chi connectivity index (χ4n) is 3.80. The summed E-state index contributed by atoms with van der Waals surface area (Å²) in [5, 5.41) is 11.6. The number of rotatable bonds is 7. The van der Waals surface area contributed by atoms with Gasteiger partial charge >= 0.3 is 0 Å². The highest BCUT2D eigenvalue weighted by Gasteiger charge is 2.11. The summed E-state index contributed by atoms with van der Waals surface area (Å²) in [6.45, 7) is 0.721. The van der Waals surface area contributed by atoms with Gasteiger partial charge in [-0.3, -0.25) is 24.7 Å². The van der Waals surface area contributed by atoms with Gasteiger partial charge < -0.3 is 9.88 Å². The number of aromatic nitrogens is 5. The van der Waals surface area contributed by atoms with E-state index < -0.39 is 0 Å². The highest BCUT2D eigenvalue weighted by atomic mass is 35.5. The Morgan fingerprint density at radius 3 is 2.77 bits per heavy atom. The summed E-state index contributed by atoms with van der Waals surface area (Å²) in [6, 6.07) is 16.2. The number of nitrogens with zero attached hydrogens (tertiary/aromatic N) is 4. The van der Waals surface area contributed by atoms with Gasteiger partial charge in [0.05, 0.1) is 29.9 Å². The maximum absolute atomic E-state index is 12.7. The van der Waals surface area contributed by atoms with Crippen LogP contribution >= 0.6 is 11.6 Å². The number of carbonyl (C=O) groups is 1. The number of carbonyl (C=O) groups excluding carboxylic acids is 1. The van der Waals surface area contributed by atoms with E-state index in [-0.39, 0.29) is 18.0 Å². The van der Waals surface area contributed by atoms with Crippen molar-refractivity contribution in [1.82, 2.24) is 30.0 Å². The molecule has 0 spiro atoms. The summed E-state index contributed by atoms with van der Waals surface area (Å²) in [7, 11) is 0. The fraction of sp³-hybridized carbons (Fsp3) is 0.115. The Labute approximate surface area is 205 Å². The van der Waals surface area contributed by atoms with Gasteiger partial charge in [-0.2, -0.15) is 5.10 Å². The molecule has 4 heterocycles. The molecule has 1 amide bonds. The largest absolute Gasteiger partial charge is 0.346 e. The Morgan fingerprint density at radius 1 is 1.03 bits per heavy atom. The molecule has 1 aromatic carbocycles. The molecule has 0 unspecified atom stereocenters. The minimum absolute atomic E-state index is 0.0537. The second kappa shape index (κ2) is 9.90. The van der Waals surface area contributed by atoms with E-state index in [0.29, 0.717) is 29.2 Å². The minimum Gasteiger partial charge on any atom is -0.346 e. The molecule has 35 heavy (non-hydrogen) atoms. The first-order valence-corrected chi connectivity index (χ1v) is 11.4. The quantitative estimate of drug-likeness (QED) is 0.366. The number of halogens is 1. The van der Waals surface area contributed by atoms with Crippen LogP contribution in [0.3, 0.4) is 0 Å². The summed E-state index contributed by atoms with van der Waals surface area (Å²) in [5.41, 5.74) is 4.61. The Hall–Kier alpha value is -4.30. The van der Waals surface area contributed by atoms with Crippen LogP contribution in [0.25, 0.3) is 10.9 Å². The lowest BCUT2D eigenvalue weighted by Gasteiger charge is -2.08. The number of aromatic amines is 1. The van der Waals surface area contributed by atoms with Gasteiger partial charge in [-0.05, 0) is 47.5 Å². The van der Waals surface area contributed by atoms with Gasteiger partial charge in [0.25, 0.3) is 11.5 Å². The zero-order valence-electron chi connectivity index (χ0n) is 18.6. The van der Waals surface area contributed by atoms with Gasteiger partial charge in [-0.25, -0.2) is 0 Å². The first kappa shape index (κ1) is 22.5. The Morgan fingerprint density at radius 2 is 1.94 bits per heavy atom. The van der Waals surface area contributed by atoms with Crippen molar-refractivity contribution in [3.05, 3.63) is 123 Å². The lowest BCUT2D eigenvalue weighted by atomic mass is 10.1. The third-order valence-electron chi connectivity index (χ3n) is 5.60. The maximum Gasteiger partial charge on any atom is 0.253 e. The van der Waals surface area contributed by atoms with Crippen LogP contribution in [0.5, 0.6) is 0 Å². The van der Waals surface area contributed by atoms with E-state index in [0.717, 1.165) is 27.7 Å². The molecule has 0 aliphatic carbocycles. The monoisotopic (exact) mass is 484 g/mol. The Balaban J connectivity index is 1.23. The molecular weight excluding hydrogens is 464 g/mol. The Kier molecular flexibility index (Phi) is 6.36. The van der Waals surface area contributed by atoms with Crippen LogP contribution in [-0.2, 0) is 19.5 Å². The molecule has 8 nitrogen and oxygen atoms in total. The zero-order chi connectivity index (χ0) is 24.2. The molecule has 0 bridgehead atoms. The molecule has 0 aliphatic heterocycles. The Bertz CT molecular complexity index is 1560. The van der Waals surface area contributed by atoms with Crippen LogP contribution < -0.4 is 10.9 Å². The minimum atomic E-state index is -0.242. The average Bonchev–Trinajstić information content (AvgIpc) is 3.27. The lowest BCUT2D eigenvalue weighted by Crippen LogP contribution is -2.23. The molecule has 174 valence electrons. The predicted octanol–water partition coefficient (Wildman–Crippen LogP) is 3.74. The highest BCUT2D eigenvalue weighted by Crippen LogP contribution is 2.20. The standard InChI is InChI=1S/C26H21ClN6O2/c27-20-5-7-23-22(11-20)24(32-31-23)15-30-26(35)19-9-18(12-28-14-19)10-21-6-4-17(13-29-21)16-33-8-2-1-3-25(33)34/h1-9,11-14H,10,15-16H2,(H,30,35)(H,31,32). The molecule has 5 aromatic rings. The van der Waals surface area contributed by atoms with Crippen molar-refractivity contribution < 1.29 is 4.79 Å². The van der Waals surface area contributed by atoms with Gasteiger partial charge in [-0.1, -0.05) is 23.7 Å². The summed E-state index contributed by atoms with van der Waals surface area (Å²) in [5.74, 6) is -0.242. The average molecular weight is 485 g/mol. The van der Waals surface area contributed by atoms with Crippen LogP contribution in [-0.4, -0.2) is 30.6 Å². The van der Waals surface area contributed by atoms with E-state index in [1.54, 1.807) is 41.4 Å². The number of fused-ring (bicyclic) bond motifs is 1. The molecule has 0 saturated carbocycles. The van der Waals surface area contributed by atoms with Gasteiger partial charge in [0.1, 0.15) is 0 Å². The van der Waals surface area contributed by atoms with Crippen molar-refractivity contribution in [2.24, 2.45) is 0 Å². The molecule has 5 rings (SSSR count). The second-order valence-corrected chi connectivity index (χ2v) is 8.56. The number of H-pyrrole nitrogens is 1. The van der Waals surface area contributed by atoms with Gasteiger partial charge in [-0.15, -0.1) is 0 Å². The first-order chi connectivity index (χ1) is 17.0. The van der Waals surface area contributed by atoms with Crippen LogP contribution in [0, 0.1) is 0 Å². The van der Waals surface area contributed by atoms with E-state index in [9.17, 15) is 9.59 Å². The topological polar surface area (TPSA) is 106 Å². The number of nitrogens with one attached hydrogen (secondary N) is 2. The number of hydrogen-bond acceptors (Lipinski definition) is 5. The summed E-state index contributed by atoms with van der Waals surface area (Å²) in [6.07, 6.45) is 7.30. The molecule has 2 N–H and O–H groups in total. The van der Waals surface area contributed by atoms with E-state index in [2.05, 4.69) is 25.5 Å². The fourth-order valence-corrected chi connectivity index (χ4v) is 3.97. The van der Waals surface area contributed by atoms with E-state index in [1.807, 2.05) is 30.3 Å². The number of amides is 1. The molecule has 0 aliphatic rings. The molecular formula is C26H21ClN6O2. The SMILES string of the molecule is O=C(NCc1n[nH]c2ccc(Cl)cc12)c1cncc(Cc2ccc(Cn3ccccc3=O)cn2)c1. The highest BCUT2D eigenvalue weighted by molar-refractivity contribution is 6.31. The summed E-state index contributed by atoms with van der Waals surface area (Å²) in [4.78, 5) is 33.4. The first-order valence-electron chi connectivity index (χ1n) is 11.0. The number of benzene rings is 1. The third kappa shape index (κ3) is 5.28. The van der Waals surface area contributed by atoms with Gasteiger partial charge in [0, 0.05) is 53.4 Å². The van der Waals surface area contributed by atoms with Crippen LogP contribution in [0.1, 0.15) is 32.9 Å². The van der Waals surface area contributed by atoms with Crippen molar-refractivity contribution >= 4 is 28.4 Å².